The minimum atomic E-state index is -0.0679. The van der Waals surface area contributed by atoms with Gasteiger partial charge in [0.1, 0.15) is 4.83 Å². The van der Waals surface area contributed by atoms with E-state index in [1.807, 2.05) is 0 Å². The monoisotopic (exact) mass is 247 g/mol. The summed E-state index contributed by atoms with van der Waals surface area (Å²) in [7, 11) is 0. The number of hydrogen-bond acceptors (Lipinski definition) is 5. The van der Waals surface area contributed by atoms with E-state index < -0.39 is 0 Å². The fourth-order valence-corrected chi connectivity index (χ4v) is 3.84. The van der Waals surface area contributed by atoms with Crippen LogP contribution in [-0.4, -0.2) is 25.0 Å². The standard InChI is InChI=1S/C10H9N5OS/c16-8-7-5-3-1-2-4-6(5)17-9(7)15-10(11-8)12-13-14-15/h1-4H2,(H,11,12,14,16). The van der Waals surface area contributed by atoms with Crippen LogP contribution in [0.25, 0.3) is 16.0 Å². The summed E-state index contributed by atoms with van der Waals surface area (Å²) in [5.74, 6) is 0.418. The van der Waals surface area contributed by atoms with Gasteiger partial charge in [-0.3, -0.25) is 9.78 Å². The van der Waals surface area contributed by atoms with Gasteiger partial charge in [-0.2, -0.15) is 4.52 Å². The van der Waals surface area contributed by atoms with Crippen LogP contribution >= 0.6 is 11.3 Å². The quantitative estimate of drug-likeness (QED) is 0.640. The molecule has 0 saturated heterocycles. The maximum atomic E-state index is 12.1. The zero-order chi connectivity index (χ0) is 11.4. The molecule has 3 heterocycles. The van der Waals surface area contributed by atoms with Gasteiger partial charge in [-0.05, 0) is 41.7 Å². The molecule has 7 heteroatoms. The lowest BCUT2D eigenvalue weighted by Crippen LogP contribution is -2.11. The Morgan fingerprint density at radius 1 is 1.29 bits per heavy atom. The molecule has 0 aromatic carbocycles. The number of aromatic nitrogens is 5. The van der Waals surface area contributed by atoms with E-state index in [0.29, 0.717) is 5.78 Å². The van der Waals surface area contributed by atoms with Crippen molar-refractivity contribution in [2.24, 2.45) is 0 Å². The molecular weight excluding hydrogens is 238 g/mol. The molecule has 0 atom stereocenters. The molecule has 0 fully saturated rings. The van der Waals surface area contributed by atoms with Crippen LogP contribution in [0.15, 0.2) is 4.79 Å². The lowest BCUT2D eigenvalue weighted by molar-refractivity contribution is 0.700. The van der Waals surface area contributed by atoms with E-state index in [0.717, 1.165) is 29.5 Å². The molecule has 86 valence electrons. The molecule has 0 bridgehead atoms. The van der Waals surface area contributed by atoms with Crippen LogP contribution in [-0.2, 0) is 12.8 Å². The van der Waals surface area contributed by atoms with Gasteiger partial charge in [0.15, 0.2) is 0 Å². The number of hydrogen-bond donors (Lipinski definition) is 1. The molecule has 3 aromatic heterocycles. The summed E-state index contributed by atoms with van der Waals surface area (Å²) < 4.78 is 1.62. The Morgan fingerprint density at radius 2 is 2.18 bits per heavy atom. The Bertz CT molecular complexity index is 783. The Hall–Kier alpha value is -1.76. The second kappa shape index (κ2) is 3.13. The van der Waals surface area contributed by atoms with Crippen LogP contribution < -0.4 is 5.56 Å². The lowest BCUT2D eigenvalue weighted by Gasteiger charge is -2.09. The number of fused-ring (bicyclic) bond motifs is 5. The van der Waals surface area contributed by atoms with Crippen molar-refractivity contribution in [1.82, 2.24) is 25.0 Å². The largest absolute Gasteiger partial charge is 0.289 e. The molecule has 1 aliphatic rings. The Labute approximate surface area is 99.3 Å². The van der Waals surface area contributed by atoms with Gasteiger partial charge >= 0.3 is 0 Å². The maximum Gasteiger partial charge on any atom is 0.261 e. The van der Waals surface area contributed by atoms with Gasteiger partial charge in [0.2, 0.25) is 0 Å². The SMILES string of the molecule is O=c1[nH]c2nnnn2c2sc3c(c12)CCCC3. The molecule has 0 spiro atoms. The third kappa shape index (κ3) is 1.14. The van der Waals surface area contributed by atoms with E-state index in [1.54, 1.807) is 15.9 Å². The molecular formula is C10H9N5OS. The first kappa shape index (κ1) is 9.29. The van der Waals surface area contributed by atoms with Crippen molar-refractivity contribution < 1.29 is 0 Å². The number of H-pyrrole nitrogens is 1. The van der Waals surface area contributed by atoms with Gasteiger partial charge in [0.05, 0.1) is 5.39 Å². The summed E-state index contributed by atoms with van der Waals surface area (Å²) in [6, 6.07) is 0. The van der Waals surface area contributed by atoms with Gasteiger partial charge in [-0.15, -0.1) is 11.3 Å². The van der Waals surface area contributed by atoms with Gasteiger partial charge in [-0.25, -0.2) is 0 Å². The van der Waals surface area contributed by atoms with Crippen molar-refractivity contribution in [2.75, 3.05) is 0 Å². The molecule has 0 unspecified atom stereocenters. The maximum absolute atomic E-state index is 12.1. The van der Waals surface area contributed by atoms with E-state index in [9.17, 15) is 4.79 Å². The normalized spacial score (nSPS) is 15.5. The molecule has 0 aliphatic heterocycles. The first-order valence-corrected chi connectivity index (χ1v) is 6.41. The predicted molar refractivity (Wildman–Crippen MR) is 63.4 cm³/mol. The van der Waals surface area contributed by atoms with Crippen LogP contribution in [0.3, 0.4) is 0 Å². The average Bonchev–Trinajstić information content (AvgIpc) is 2.91. The topological polar surface area (TPSA) is 75.9 Å². The van der Waals surface area contributed by atoms with E-state index in [1.165, 1.54) is 16.9 Å². The number of aryl methyl sites for hydroxylation is 2. The number of nitrogens with zero attached hydrogens (tertiary/aromatic N) is 4. The highest BCUT2D eigenvalue weighted by atomic mass is 32.1. The first-order valence-electron chi connectivity index (χ1n) is 5.59. The van der Waals surface area contributed by atoms with Crippen LogP contribution in [0, 0.1) is 0 Å². The summed E-state index contributed by atoms with van der Waals surface area (Å²) in [4.78, 5) is 17.0. The number of thiophene rings is 1. The summed E-state index contributed by atoms with van der Waals surface area (Å²) in [6.07, 6.45) is 4.42. The van der Waals surface area contributed by atoms with E-state index in [-0.39, 0.29) is 5.56 Å². The van der Waals surface area contributed by atoms with E-state index in [2.05, 4.69) is 20.5 Å². The van der Waals surface area contributed by atoms with Crippen LogP contribution in [0.2, 0.25) is 0 Å². The lowest BCUT2D eigenvalue weighted by atomic mass is 9.97. The molecule has 6 nitrogen and oxygen atoms in total. The second-order valence-electron chi connectivity index (χ2n) is 4.26. The average molecular weight is 247 g/mol. The smallest absolute Gasteiger partial charge is 0.261 e. The summed E-state index contributed by atoms with van der Waals surface area (Å²) in [6.45, 7) is 0. The van der Waals surface area contributed by atoms with Crippen molar-refractivity contribution in [2.45, 2.75) is 25.7 Å². The fourth-order valence-electron chi connectivity index (χ4n) is 2.50. The molecule has 0 radical (unpaired) electrons. The minimum Gasteiger partial charge on any atom is -0.289 e. The van der Waals surface area contributed by atoms with Crippen molar-refractivity contribution in [3.8, 4) is 0 Å². The first-order chi connectivity index (χ1) is 8.34. The molecule has 0 amide bonds. The molecule has 3 aromatic rings. The van der Waals surface area contributed by atoms with Crippen LogP contribution in [0.1, 0.15) is 23.3 Å². The van der Waals surface area contributed by atoms with Gasteiger partial charge in [-0.1, -0.05) is 5.10 Å². The van der Waals surface area contributed by atoms with Gasteiger partial charge in [0, 0.05) is 4.88 Å². The molecule has 1 aliphatic carbocycles. The van der Waals surface area contributed by atoms with Crippen molar-refractivity contribution >= 4 is 27.3 Å². The van der Waals surface area contributed by atoms with Crippen molar-refractivity contribution in [3.05, 3.63) is 20.8 Å². The zero-order valence-electron chi connectivity index (χ0n) is 8.93. The summed E-state index contributed by atoms with van der Waals surface area (Å²) in [5, 5.41) is 12.1. The highest BCUT2D eigenvalue weighted by molar-refractivity contribution is 7.18. The minimum absolute atomic E-state index is 0.0679. The fraction of sp³-hybridized carbons (Fsp3) is 0.400. The third-order valence-electron chi connectivity index (χ3n) is 3.27. The molecule has 17 heavy (non-hydrogen) atoms. The predicted octanol–water partition coefficient (Wildman–Crippen LogP) is 0.906. The Kier molecular flexibility index (Phi) is 1.71. The third-order valence-corrected chi connectivity index (χ3v) is 4.53. The van der Waals surface area contributed by atoms with Gasteiger partial charge < -0.3 is 0 Å². The molecule has 0 saturated carbocycles. The molecule has 4 rings (SSSR count). The van der Waals surface area contributed by atoms with Crippen molar-refractivity contribution in [1.29, 1.82) is 0 Å². The number of rotatable bonds is 0. The van der Waals surface area contributed by atoms with E-state index >= 15 is 0 Å². The van der Waals surface area contributed by atoms with Gasteiger partial charge in [0.25, 0.3) is 11.3 Å². The van der Waals surface area contributed by atoms with Crippen LogP contribution in [0.4, 0.5) is 0 Å². The highest BCUT2D eigenvalue weighted by Gasteiger charge is 2.20. The Morgan fingerprint density at radius 3 is 3.12 bits per heavy atom. The van der Waals surface area contributed by atoms with E-state index in [4.69, 9.17) is 0 Å². The Balaban J connectivity index is 2.26. The number of aromatic amines is 1. The van der Waals surface area contributed by atoms with Crippen LogP contribution in [0.5, 0.6) is 0 Å². The number of tetrazole rings is 1. The summed E-state index contributed by atoms with van der Waals surface area (Å²) >= 11 is 1.65. The van der Waals surface area contributed by atoms with Crippen molar-refractivity contribution in [3.63, 3.8) is 0 Å². The number of nitrogens with one attached hydrogen (secondary N) is 1. The summed E-state index contributed by atoms with van der Waals surface area (Å²) in [5.41, 5.74) is 1.14. The second-order valence-corrected chi connectivity index (χ2v) is 5.34. The zero-order valence-corrected chi connectivity index (χ0v) is 9.75. The highest BCUT2D eigenvalue weighted by Crippen LogP contribution is 2.33. The molecule has 1 N–H and O–H groups in total.